The lowest BCUT2D eigenvalue weighted by Crippen LogP contribution is -2.43. The molecule has 116 valence electrons. The first-order valence-electron chi connectivity index (χ1n) is 7.04. The minimum absolute atomic E-state index is 0.0247. The maximum absolute atomic E-state index is 12.5. The van der Waals surface area contributed by atoms with Crippen molar-refractivity contribution in [2.75, 3.05) is 0 Å². The minimum atomic E-state index is -1.71. The Hall–Kier alpha value is -1.75. The number of amides is 1. The van der Waals surface area contributed by atoms with E-state index in [-0.39, 0.29) is 23.9 Å². The highest BCUT2D eigenvalue weighted by Crippen LogP contribution is 2.34. The van der Waals surface area contributed by atoms with Crippen molar-refractivity contribution in [3.8, 4) is 0 Å². The van der Waals surface area contributed by atoms with Gasteiger partial charge in [-0.3, -0.25) is 14.4 Å². The molecule has 0 bridgehead atoms. The van der Waals surface area contributed by atoms with Crippen LogP contribution in [0.25, 0.3) is 0 Å². The summed E-state index contributed by atoms with van der Waals surface area (Å²) in [4.78, 5) is 36.0. The summed E-state index contributed by atoms with van der Waals surface area (Å²) < 4.78 is 0. The lowest BCUT2D eigenvalue weighted by Gasteiger charge is -2.29. The highest BCUT2D eigenvalue weighted by atomic mass is 16.3. The molecule has 0 saturated heterocycles. The number of allylic oxidation sites excluding steroid dienone is 4. The maximum Gasteiger partial charge on any atom is 0.249 e. The molecule has 0 spiro atoms. The summed E-state index contributed by atoms with van der Waals surface area (Å²) in [7, 11) is 0. The van der Waals surface area contributed by atoms with Crippen LogP contribution in [0.2, 0.25) is 0 Å². The molecule has 1 rings (SSSR count). The SMILES string of the molecule is CCC(CC(C)(O)C(N)=O)C1=C(C)C(=O)C(C)=C(C)C1=O. The molecule has 2 atom stereocenters. The van der Waals surface area contributed by atoms with Crippen molar-refractivity contribution in [1.82, 2.24) is 0 Å². The van der Waals surface area contributed by atoms with Crippen molar-refractivity contribution in [3.05, 3.63) is 22.3 Å². The summed E-state index contributed by atoms with van der Waals surface area (Å²) in [5, 5.41) is 10.1. The van der Waals surface area contributed by atoms with E-state index in [1.165, 1.54) is 6.92 Å². The maximum atomic E-state index is 12.5. The quantitative estimate of drug-likeness (QED) is 0.749. The van der Waals surface area contributed by atoms with Gasteiger partial charge in [-0.2, -0.15) is 0 Å². The molecule has 2 unspecified atom stereocenters. The van der Waals surface area contributed by atoms with Crippen LogP contribution < -0.4 is 5.73 Å². The smallest absolute Gasteiger partial charge is 0.249 e. The Balaban J connectivity index is 3.26. The van der Waals surface area contributed by atoms with Crippen molar-refractivity contribution in [1.29, 1.82) is 0 Å². The number of ketones is 2. The minimum Gasteiger partial charge on any atom is -0.380 e. The zero-order valence-electron chi connectivity index (χ0n) is 13.2. The van der Waals surface area contributed by atoms with Crippen LogP contribution in [0.5, 0.6) is 0 Å². The summed E-state index contributed by atoms with van der Waals surface area (Å²) in [6, 6.07) is 0. The number of carbonyl (C=O) groups is 3. The summed E-state index contributed by atoms with van der Waals surface area (Å²) in [6.45, 7) is 8.06. The third kappa shape index (κ3) is 3.13. The molecule has 3 N–H and O–H groups in total. The van der Waals surface area contributed by atoms with Gasteiger partial charge in [0.1, 0.15) is 5.60 Å². The van der Waals surface area contributed by atoms with E-state index in [2.05, 4.69) is 0 Å². The number of primary amides is 1. The van der Waals surface area contributed by atoms with Crippen LogP contribution in [0.4, 0.5) is 0 Å². The highest BCUT2D eigenvalue weighted by Gasteiger charge is 2.37. The van der Waals surface area contributed by atoms with Crippen molar-refractivity contribution in [2.45, 2.75) is 53.1 Å². The first kappa shape index (κ1) is 17.3. The molecule has 1 amide bonds. The Kier molecular flexibility index (Phi) is 4.89. The number of nitrogens with two attached hydrogens (primary N) is 1. The van der Waals surface area contributed by atoms with E-state index in [9.17, 15) is 19.5 Å². The molecule has 1 aliphatic rings. The van der Waals surface area contributed by atoms with E-state index in [1.54, 1.807) is 20.8 Å². The number of rotatable bonds is 5. The zero-order valence-corrected chi connectivity index (χ0v) is 13.2. The molecular formula is C16H23NO4. The van der Waals surface area contributed by atoms with Gasteiger partial charge in [-0.25, -0.2) is 0 Å². The van der Waals surface area contributed by atoms with Gasteiger partial charge in [-0.05, 0) is 46.5 Å². The topological polar surface area (TPSA) is 97.5 Å². The highest BCUT2D eigenvalue weighted by molar-refractivity contribution is 6.24. The molecule has 0 aliphatic heterocycles. The van der Waals surface area contributed by atoms with E-state index in [4.69, 9.17) is 5.73 Å². The third-order valence-corrected chi connectivity index (χ3v) is 4.31. The van der Waals surface area contributed by atoms with Crippen molar-refractivity contribution < 1.29 is 19.5 Å². The van der Waals surface area contributed by atoms with Crippen molar-refractivity contribution >= 4 is 17.5 Å². The summed E-state index contributed by atoms with van der Waals surface area (Å²) in [6.07, 6.45) is 0.554. The molecule has 0 fully saturated rings. The molecule has 5 nitrogen and oxygen atoms in total. The lowest BCUT2D eigenvalue weighted by molar-refractivity contribution is -0.136. The van der Waals surface area contributed by atoms with Crippen LogP contribution >= 0.6 is 0 Å². The zero-order chi connectivity index (χ0) is 16.5. The van der Waals surface area contributed by atoms with Crippen molar-refractivity contribution in [3.63, 3.8) is 0 Å². The second-order valence-corrected chi connectivity index (χ2v) is 5.89. The van der Waals surface area contributed by atoms with Gasteiger partial charge in [0.15, 0.2) is 11.6 Å². The van der Waals surface area contributed by atoms with Crippen molar-refractivity contribution in [2.24, 2.45) is 11.7 Å². The summed E-state index contributed by atoms with van der Waals surface area (Å²) in [5.41, 5.74) is 5.15. The van der Waals surface area contributed by atoms with E-state index < -0.39 is 11.5 Å². The van der Waals surface area contributed by atoms with E-state index in [1.807, 2.05) is 6.92 Å². The predicted molar refractivity (Wildman–Crippen MR) is 79.3 cm³/mol. The van der Waals surface area contributed by atoms with Gasteiger partial charge in [0.25, 0.3) is 0 Å². The molecule has 0 aromatic carbocycles. The molecular weight excluding hydrogens is 270 g/mol. The Morgan fingerprint density at radius 1 is 1.14 bits per heavy atom. The summed E-state index contributed by atoms with van der Waals surface area (Å²) in [5.74, 6) is -1.56. The van der Waals surface area contributed by atoms with E-state index in [0.29, 0.717) is 28.7 Å². The van der Waals surface area contributed by atoms with Crippen LogP contribution in [0.3, 0.4) is 0 Å². The second kappa shape index (κ2) is 5.93. The van der Waals surface area contributed by atoms with Gasteiger partial charge >= 0.3 is 0 Å². The van der Waals surface area contributed by atoms with Crippen LogP contribution in [0.1, 0.15) is 47.5 Å². The number of Topliss-reactive ketones (excluding diaryl/α,β-unsaturated/α-hetero) is 2. The van der Waals surface area contributed by atoms with Gasteiger partial charge in [-0.1, -0.05) is 6.92 Å². The Bertz CT molecular complexity index is 567. The van der Waals surface area contributed by atoms with Crippen LogP contribution in [0.15, 0.2) is 22.3 Å². The Morgan fingerprint density at radius 2 is 1.62 bits per heavy atom. The molecule has 0 saturated carbocycles. The molecule has 1 aliphatic carbocycles. The molecule has 0 aromatic rings. The first-order valence-corrected chi connectivity index (χ1v) is 7.04. The van der Waals surface area contributed by atoms with Gasteiger partial charge in [0, 0.05) is 22.3 Å². The van der Waals surface area contributed by atoms with Crippen LogP contribution in [0, 0.1) is 5.92 Å². The molecule has 0 aromatic heterocycles. The molecule has 5 heteroatoms. The summed E-state index contributed by atoms with van der Waals surface area (Å²) >= 11 is 0. The lowest BCUT2D eigenvalue weighted by atomic mass is 9.75. The molecule has 0 radical (unpaired) electrons. The third-order valence-electron chi connectivity index (χ3n) is 4.31. The fourth-order valence-corrected chi connectivity index (χ4v) is 2.64. The van der Waals surface area contributed by atoms with Gasteiger partial charge in [-0.15, -0.1) is 0 Å². The molecule has 0 heterocycles. The van der Waals surface area contributed by atoms with Gasteiger partial charge in [0.2, 0.25) is 5.91 Å². The average molecular weight is 293 g/mol. The predicted octanol–water partition coefficient (Wildman–Crippen LogP) is 1.44. The van der Waals surface area contributed by atoms with Gasteiger partial charge < -0.3 is 10.8 Å². The Labute approximate surface area is 124 Å². The van der Waals surface area contributed by atoms with Gasteiger partial charge in [0.05, 0.1) is 0 Å². The van der Waals surface area contributed by atoms with E-state index in [0.717, 1.165) is 0 Å². The number of hydrogen-bond acceptors (Lipinski definition) is 4. The fraction of sp³-hybridized carbons (Fsp3) is 0.562. The van der Waals surface area contributed by atoms with E-state index >= 15 is 0 Å². The fourth-order valence-electron chi connectivity index (χ4n) is 2.64. The normalized spacial score (nSPS) is 20.7. The Morgan fingerprint density at radius 3 is 2.05 bits per heavy atom. The second-order valence-electron chi connectivity index (χ2n) is 5.89. The largest absolute Gasteiger partial charge is 0.380 e. The number of aliphatic hydroxyl groups is 1. The standard InChI is InChI=1S/C16H23NO4/c1-6-11(7-16(5,21)15(17)20)12-10(4)13(18)8(2)9(3)14(12)19/h11,21H,6-7H2,1-5H3,(H2,17,20). The average Bonchev–Trinajstić information content (AvgIpc) is 2.41. The first-order chi connectivity index (χ1) is 9.54. The number of carbonyl (C=O) groups excluding carboxylic acids is 3. The number of hydrogen-bond donors (Lipinski definition) is 2. The van der Waals surface area contributed by atoms with Crippen LogP contribution in [-0.2, 0) is 14.4 Å². The van der Waals surface area contributed by atoms with Crippen LogP contribution in [-0.4, -0.2) is 28.2 Å². The molecule has 21 heavy (non-hydrogen) atoms. The monoisotopic (exact) mass is 293 g/mol.